The van der Waals surface area contributed by atoms with Crippen LogP contribution < -0.4 is 5.63 Å². The van der Waals surface area contributed by atoms with Crippen LogP contribution in [0.3, 0.4) is 0 Å². The molecule has 0 spiro atoms. The van der Waals surface area contributed by atoms with Crippen LogP contribution in [0.2, 0.25) is 0 Å². The minimum atomic E-state index is -0.518. The van der Waals surface area contributed by atoms with Gasteiger partial charge in [0.2, 0.25) is 0 Å². The summed E-state index contributed by atoms with van der Waals surface area (Å²) >= 11 is 0. The molecule has 3 nitrogen and oxygen atoms in total. The van der Waals surface area contributed by atoms with Crippen LogP contribution in [0.15, 0.2) is 75.9 Å². The van der Waals surface area contributed by atoms with E-state index in [1.54, 1.807) is 0 Å². The number of aryl methyl sites for hydroxylation is 5. The zero-order valence-corrected chi connectivity index (χ0v) is 22.3. The van der Waals surface area contributed by atoms with Crippen molar-refractivity contribution in [2.75, 3.05) is 0 Å². The molecule has 0 radical (unpaired) electrons. The van der Waals surface area contributed by atoms with Gasteiger partial charge in [0, 0.05) is 0 Å². The molecule has 0 bridgehead atoms. The molecule has 3 heteroatoms. The van der Waals surface area contributed by atoms with E-state index in [9.17, 15) is 9.90 Å². The van der Waals surface area contributed by atoms with Crippen LogP contribution in [0.25, 0.3) is 33.2 Å². The first kappa shape index (κ1) is 24.6. The molecule has 186 valence electrons. The zero-order chi connectivity index (χ0) is 26.4. The van der Waals surface area contributed by atoms with Gasteiger partial charge in [0.1, 0.15) is 16.9 Å². The lowest BCUT2D eigenvalue weighted by atomic mass is 9.87. The quantitative estimate of drug-likeness (QED) is 0.259. The predicted octanol–water partition coefficient (Wildman–Crippen LogP) is 8.27. The molecule has 1 heterocycles. The first-order chi connectivity index (χ1) is 17.7. The van der Waals surface area contributed by atoms with Crippen molar-refractivity contribution in [3.8, 4) is 28.0 Å². The Kier molecular flexibility index (Phi) is 6.25. The second kappa shape index (κ2) is 9.40. The summed E-state index contributed by atoms with van der Waals surface area (Å²) in [6.07, 6.45) is 0.745. The molecule has 1 N–H and O–H groups in total. The van der Waals surface area contributed by atoms with Crippen molar-refractivity contribution >= 4 is 11.0 Å². The van der Waals surface area contributed by atoms with Gasteiger partial charge in [-0.1, -0.05) is 60.7 Å². The van der Waals surface area contributed by atoms with E-state index >= 15 is 0 Å². The third kappa shape index (κ3) is 4.15. The zero-order valence-electron chi connectivity index (χ0n) is 22.3. The monoisotopic (exact) mass is 488 g/mol. The van der Waals surface area contributed by atoms with Crippen molar-refractivity contribution in [3.63, 3.8) is 0 Å². The van der Waals surface area contributed by atoms with Crippen LogP contribution in [0, 0.1) is 41.5 Å². The number of aromatic hydroxyl groups is 1. The highest BCUT2D eigenvalue weighted by Crippen LogP contribution is 2.43. The summed E-state index contributed by atoms with van der Waals surface area (Å²) in [6.45, 7) is 12.1. The molecular weight excluding hydrogens is 456 g/mol. The fraction of sp³-hybridized carbons (Fsp3) is 0.206. The van der Waals surface area contributed by atoms with Crippen LogP contribution in [-0.2, 0) is 6.42 Å². The molecule has 0 amide bonds. The summed E-state index contributed by atoms with van der Waals surface area (Å²) in [4.78, 5) is 13.4. The molecule has 0 fully saturated rings. The minimum absolute atomic E-state index is 0.0111. The van der Waals surface area contributed by atoms with Crippen LogP contribution >= 0.6 is 0 Å². The van der Waals surface area contributed by atoms with E-state index in [4.69, 9.17) is 4.42 Å². The fourth-order valence-corrected chi connectivity index (χ4v) is 5.68. The Balaban J connectivity index is 1.79. The maximum absolute atomic E-state index is 13.4. The van der Waals surface area contributed by atoms with Crippen molar-refractivity contribution < 1.29 is 9.52 Å². The first-order valence-electron chi connectivity index (χ1n) is 12.7. The summed E-state index contributed by atoms with van der Waals surface area (Å²) in [7, 11) is 0. The Hall–Kier alpha value is -4.11. The summed E-state index contributed by atoms with van der Waals surface area (Å²) < 4.78 is 5.94. The molecule has 5 rings (SSSR count). The number of hydrogen-bond acceptors (Lipinski definition) is 3. The molecule has 0 unspecified atom stereocenters. The molecule has 37 heavy (non-hydrogen) atoms. The average Bonchev–Trinajstić information content (AvgIpc) is 2.86. The van der Waals surface area contributed by atoms with Crippen LogP contribution in [0.5, 0.6) is 5.75 Å². The third-order valence-corrected chi connectivity index (χ3v) is 7.62. The van der Waals surface area contributed by atoms with E-state index in [1.165, 1.54) is 16.7 Å². The lowest BCUT2D eigenvalue weighted by Crippen LogP contribution is -2.08. The van der Waals surface area contributed by atoms with Crippen molar-refractivity contribution in [1.82, 2.24) is 0 Å². The summed E-state index contributed by atoms with van der Waals surface area (Å²) in [6, 6.07) is 22.7. The second-order valence-corrected chi connectivity index (χ2v) is 10.2. The highest BCUT2D eigenvalue weighted by Gasteiger charge is 2.24. The van der Waals surface area contributed by atoms with E-state index in [-0.39, 0.29) is 11.3 Å². The average molecular weight is 489 g/mol. The number of rotatable bonds is 4. The van der Waals surface area contributed by atoms with E-state index in [0.29, 0.717) is 11.0 Å². The first-order valence-corrected chi connectivity index (χ1v) is 12.7. The van der Waals surface area contributed by atoms with Crippen LogP contribution in [0.4, 0.5) is 0 Å². The topological polar surface area (TPSA) is 50.4 Å². The lowest BCUT2D eigenvalue weighted by Gasteiger charge is -2.19. The molecule has 0 aliphatic heterocycles. The molecule has 0 saturated heterocycles. The highest BCUT2D eigenvalue weighted by molar-refractivity contribution is 5.99. The molecule has 1 aromatic heterocycles. The third-order valence-electron chi connectivity index (χ3n) is 7.62. The highest BCUT2D eigenvalue weighted by atomic mass is 16.4. The Morgan fingerprint density at radius 2 is 1.32 bits per heavy atom. The molecular formula is C34H32O3. The van der Waals surface area contributed by atoms with Crippen molar-refractivity contribution in [1.29, 1.82) is 0 Å². The largest absolute Gasteiger partial charge is 0.506 e. The van der Waals surface area contributed by atoms with E-state index in [2.05, 4.69) is 56.3 Å². The van der Waals surface area contributed by atoms with Gasteiger partial charge in [0.05, 0.1) is 5.39 Å². The summed E-state index contributed by atoms with van der Waals surface area (Å²) in [5.41, 5.74) is 11.4. The van der Waals surface area contributed by atoms with E-state index in [1.807, 2.05) is 52.0 Å². The van der Waals surface area contributed by atoms with Crippen LogP contribution in [-0.4, -0.2) is 5.11 Å². The van der Waals surface area contributed by atoms with Gasteiger partial charge < -0.3 is 9.52 Å². The van der Waals surface area contributed by atoms with Crippen molar-refractivity contribution in [2.45, 2.75) is 48.0 Å². The number of hydrogen-bond donors (Lipinski definition) is 1. The molecule has 0 aliphatic carbocycles. The molecule has 0 aliphatic rings. The van der Waals surface area contributed by atoms with Gasteiger partial charge in [-0.3, -0.25) is 0 Å². The van der Waals surface area contributed by atoms with Gasteiger partial charge in [0.15, 0.2) is 0 Å². The Morgan fingerprint density at radius 3 is 2.00 bits per heavy atom. The normalized spacial score (nSPS) is 11.3. The number of benzene rings is 4. The summed E-state index contributed by atoms with van der Waals surface area (Å²) in [5, 5.41) is 12.4. The standard InChI is InChI=1S/C34H32O3/c1-19-11-10-12-20(2)28(19)27-17-22(4)33-30(24(27)6)32(35)31(34(36)37-33)29-21(3)15-16-26(23(29)5)18-25-13-8-7-9-14-25/h7-17,35H,18H2,1-6H3. The minimum Gasteiger partial charge on any atom is -0.506 e. The number of fused-ring (bicyclic) bond motifs is 1. The Morgan fingerprint density at radius 1 is 0.676 bits per heavy atom. The van der Waals surface area contributed by atoms with Gasteiger partial charge >= 0.3 is 5.63 Å². The SMILES string of the molecule is Cc1cccc(C)c1-c1cc(C)c2oc(=O)c(-c3c(C)ccc(Cc4ccccc4)c3C)c(O)c2c1C. The second-order valence-electron chi connectivity index (χ2n) is 10.2. The molecule has 0 atom stereocenters. The van der Waals surface area contributed by atoms with Crippen molar-refractivity contribution in [2.24, 2.45) is 0 Å². The van der Waals surface area contributed by atoms with Crippen molar-refractivity contribution in [3.05, 3.63) is 122 Å². The van der Waals surface area contributed by atoms with Gasteiger partial charge in [-0.15, -0.1) is 0 Å². The maximum Gasteiger partial charge on any atom is 0.348 e. The van der Waals surface area contributed by atoms with Gasteiger partial charge in [-0.2, -0.15) is 0 Å². The van der Waals surface area contributed by atoms with Gasteiger partial charge in [-0.05, 0) is 115 Å². The fourth-order valence-electron chi connectivity index (χ4n) is 5.68. The predicted molar refractivity (Wildman–Crippen MR) is 153 cm³/mol. The van der Waals surface area contributed by atoms with Gasteiger partial charge in [0.25, 0.3) is 0 Å². The molecule has 5 aromatic rings. The summed E-state index contributed by atoms with van der Waals surface area (Å²) in [5.74, 6) is -0.0111. The van der Waals surface area contributed by atoms with E-state index < -0.39 is 5.63 Å². The lowest BCUT2D eigenvalue weighted by molar-refractivity contribution is 0.470. The molecule has 4 aromatic carbocycles. The van der Waals surface area contributed by atoms with E-state index in [0.717, 1.165) is 50.9 Å². The smallest absolute Gasteiger partial charge is 0.348 e. The Labute approximate surface area is 218 Å². The van der Waals surface area contributed by atoms with Crippen LogP contribution in [0.1, 0.15) is 44.5 Å². The Bertz CT molecular complexity index is 1700. The molecule has 0 saturated carbocycles. The van der Waals surface area contributed by atoms with Gasteiger partial charge in [-0.25, -0.2) is 4.79 Å². The maximum atomic E-state index is 13.4.